The molecule has 49 heavy (non-hydrogen) atoms. The van der Waals surface area contributed by atoms with Gasteiger partial charge in [0.15, 0.2) is 0 Å². The Labute approximate surface area is 291 Å². The van der Waals surface area contributed by atoms with Gasteiger partial charge < -0.3 is 0 Å². The van der Waals surface area contributed by atoms with E-state index in [-0.39, 0.29) is 10.8 Å². The van der Waals surface area contributed by atoms with Crippen molar-refractivity contribution in [2.24, 2.45) is 0 Å². The third-order valence-corrected chi connectivity index (χ3v) is 10.3. The van der Waals surface area contributed by atoms with E-state index in [1.165, 1.54) is 88.0 Å². The van der Waals surface area contributed by atoms with Gasteiger partial charge in [0.2, 0.25) is 0 Å². The maximum atomic E-state index is 2.52. The van der Waals surface area contributed by atoms with Crippen LogP contribution in [0.15, 0.2) is 140 Å². The molecule has 8 rings (SSSR count). The molecule has 0 heterocycles. The van der Waals surface area contributed by atoms with E-state index < -0.39 is 0 Å². The fraction of sp³-hybridized carbons (Fsp3) is 0.184. The van der Waals surface area contributed by atoms with Gasteiger partial charge in [0, 0.05) is 0 Å². The molecule has 0 amide bonds. The molecule has 6 aromatic rings. The van der Waals surface area contributed by atoms with Gasteiger partial charge in [-0.2, -0.15) is 0 Å². The van der Waals surface area contributed by atoms with Crippen LogP contribution in [0.5, 0.6) is 0 Å². The number of hydrogen-bond acceptors (Lipinski definition) is 0. The third-order valence-electron chi connectivity index (χ3n) is 10.3. The smallest absolute Gasteiger partial charge is 0.00354 e. The van der Waals surface area contributed by atoms with Crippen molar-refractivity contribution in [3.63, 3.8) is 0 Å². The van der Waals surface area contributed by atoms with E-state index in [0.29, 0.717) is 0 Å². The maximum absolute atomic E-state index is 2.52. The molecule has 6 aromatic carbocycles. The second-order valence-corrected chi connectivity index (χ2v) is 15.7. The Bertz CT molecular complexity index is 2400. The highest BCUT2D eigenvalue weighted by Gasteiger charge is 2.30. The first-order chi connectivity index (χ1) is 23.6. The number of rotatable bonds is 4. The largest absolute Gasteiger partial charge is 0.0795 e. The van der Waals surface area contributed by atoms with Crippen LogP contribution in [0, 0.1) is 0 Å². The van der Waals surface area contributed by atoms with Crippen LogP contribution in [0.1, 0.15) is 86.9 Å². The van der Waals surface area contributed by atoms with Crippen LogP contribution in [-0.4, -0.2) is 0 Å². The van der Waals surface area contributed by atoms with Crippen molar-refractivity contribution in [1.29, 1.82) is 0 Å². The molecule has 2 aliphatic rings. The first-order valence-electron chi connectivity index (χ1n) is 17.7. The van der Waals surface area contributed by atoms with Gasteiger partial charge in [-0.25, -0.2) is 0 Å². The quantitative estimate of drug-likeness (QED) is 0.181. The molecular formula is C49H44. The summed E-state index contributed by atoms with van der Waals surface area (Å²) in [6.07, 6.45) is 8.13. The van der Waals surface area contributed by atoms with Crippen molar-refractivity contribution in [3.8, 4) is 11.1 Å². The standard InChI is InChI=1S/C49H44/c1-48(2,3)38-26-27-40-37(29-38)30-43-42(40)31-44(45(33-17-9-7-10-18-33)34-19-11-8-12-20-34)47(49(4,5)6)46(43)41-23-15-22-39(41)36-25-24-32-16-13-14-21-35(32)28-36/h7-22,24-31H,23H2,1-6H3. The van der Waals surface area contributed by atoms with E-state index in [0.717, 1.165) is 6.42 Å². The minimum atomic E-state index is -0.141. The van der Waals surface area contributed by atoms with Crippen molar-refractivity contribution in [3.05, 3.63) is 189 Å². The summed E-state index contributed by atoms with van der Waals surface area (Å²) in [5.74, 6) is 0. The average Bonchev–Trinajstić information content (AvgIpc) is 3.73. The van der Waals surface area contributed by atoms with Gasteiger partial charge in [0.1, 0.15) is 0 Å². The van der Waals surface area contributed by atoms with E-state index in [9.17, 15) is 0 Å². The molecule has 0 fully saturated rings. The summed E-state index contributed by atoms with van der Waals surface area (Å²) in [6.45, 7) is 14.1. The Balaban J connectivity index is 1.56. The van der Waals surface area contributed by atoms with Crippen molar-refractivity contribution in [2.45, 2.75) is 58.8 Å². The summed E-state index contributed by atoms with van der Waals surface area (Å²) in [4.78, 5) is 0. The predicted molar refractivity (Wildman–Crippen MR) is 211 cm³/mol. The van der Waals surface area contributed by atoms with Gasteiger partial charge >= 0.3 is 0 Å². The molecular weight excluding hydrogens is 589 g/mol. The van der Waals surface area contributed by atoms with Crippen molar-refractivity contribution in [2.75, 3.05) is 0 Å². The molecule has 0 radical (unpaired) electrons. The first kappa shape index (κ1) is 31.1. The summed E-state index contributed by atoms with van der Waals surface area (Å²) in [7, 11) is 0. The average molecular weight is 633 g/mol. The molecule has 0 aliphatic heterocycles. The Morgan fingerprint density at radius 1 is 0.571 bits per heavy atom. The predicted octanol–water partition coefficient (Wildman–Crippen LogP) is 11.4. The number of fused-ring (bicyclic) bond motifs is 4. The van der Waals surface area contributed by atoms with Crippen molar-refractivity contribution >= 4 is 33.6 Å². The molecule has 0 saturated heterocycles. The minimum absolute atomic E-state index is 0.0743. The first-order valence-corrected chi connectivity index (χ1v) is 17.7. The summed E-state index contributed by atoms with van der Waals surface area (Å²) in [5.41, 5.74) is 15.9. The van der Waals surface area contributed by atoms with E-state index in [2.05, 4.69) is 187 Å². The molecule has 0 unspecified atom stereocenters. The van der Waals surface area contributed by atoms with Crippen LogP contribution in [0.3, 0.4) is 0 Å². The maximum Gasteiger partial charge on any atom is -0.00354 e. The molecule has 0 atom stereocenters. The van der Waals surface area contributed by atoms with Gasteiger partial charge in [-0.3, -0.25) is 0 Å². The van der Waals surface area contributed by atoms with Gasteiger partial charge in [-0.15, -0.1) is 0 Å². The summed E-state index contributed by atoms with van der Waals surface area (Å²) in [5, 5.41) is 5.22. The summed E-state index contributed by atoms with van der Waals surface area (Å²) >= 11 is 0. The zero-order valence-electron chi connectivity index (χ0n) is 29.6. The molecule has 0 bridgehead atoms. The zero-order chi connectivity index (χ0) is 33.9. The van der Waals surface area contributed by atoms with E-state index in [1.807, 2.05) is 0 Å². The highest BCUT2D eigenvalue weighted by Crippen LogP contribution is 2.41. The van der Waals surface area contributed by atoms with E-state index in [4.69, 9.17) is 0 Å². The Kier molecular flexibility index (Phi) is 7.45. The summed E-state index contributed by atoms with van der Waals surface area (Å²) in [6, 6.07) is 47.3. The van der Waals surface area contributed by atoms with Crippen LogP contribution in [0.2, 0.25) is 0 Å². The number of allylic oxidation sites excluding steroid dienone is 4. The molecule has 0 nitrogen and oxygen atoms in total. The molecule has 240 valence electrons. The Morgan fingerprint density at radius 3 is 1.88 bits per heavy atom. The molecule has 0 N–H and O–H groups in total. The van der Waals surface area contributed by atoms with Crippen LogP contribution in [0.4, 0.5) is 0 Å². The van der Waals surface area contributed by atoms with Gasteiger partial charge in [-0.1, -0.05) is 169 Å². The highest BCUT2D eigenvalue weighted by atomic mass is 14.3. The second kappa shape index (κ2) is 11.7. The molecule has 0 heteroatoms. The number of benzene rings is 6. The van der Waals surface area contributed by atoms with E-state index in [1.54, 1.807) is 0 Å². The highest BCUT2D eigenvalue weighted by molar-refractivity contribution is 6.03. The molecule has 0 spiro atoms. The Morgan fingerprint density at radius 2 is 1.22 bits per heavy atom. The van der Waals surface area contributed by atoms with Crippen LogP contribution >= 0.6 is 0 Å². The van der Waals surface area contributed by atoms with Crippen molar-refractivity contribution < 1.29 is 0 Å². The van der Waals surface area contributed by atoms with Gasteiger partial charge in [0.25, 0.3) is 0 Å². The zero-order valence-corrected chi connectivity index (χ0v) is 29.6. The lowest BCUT2D eigenvalue weighted by Gasteiger charge is -2.28. The van der Waals surface area contributed by atoms with Gasteiger partial charge in [0.05, 0.1) is 0 Å². The second-order valence-electron chi connectivity index (χ2n) is 15.7. The fourth-order valence-electron chi connectivity index (χ4n) is 7.97. The number of hydrogen-bond donors (Lipinski definition) is 0. The Hall–Kier alpha value is -5.20. The lowest BCUT2D eigenvalue weighted by Crippen LogP contribution is -2.32. The topological polar surface area (TPSA) is 0 Å². The lowest BCUT2D eigenvalue weighted by atomic mass is 9.75. The third kappa shape index (κ3) is 5.50. The molecule has 0 saturated carbocycles. The van der Waals surface area contributed by atoms with E-state index >= 15 is 0 Å². The monoisotopic (exact) mass is 632 g/mol. The van der Waals surface area contributed by atoms with Crippen LogP contribution in [0.25, 0.3) is 44.7 Å². The lowest BCUT2D eigenvalue weighted by molar-refractivity contribution is 0.583. The minimum Gasteiger partial charge on any atom is -0.0795 e. The fourth-order valence-corrected chi connectivity index (χ4v) is 7.97. The van der Waals surface area contributed by atoms with Gasteiger partial charge in [-0.05, 0) is 123 Å². The molecule has 2 aliphatic carbocycles. The SMILES string of the molecule is CC(C)(C)c1ccc2c(c1)C=c1c-2cc(=C(c2ccccc2)c2ccccc2)c(C(C)(C)C)c1C1=C(c2ccc3ccccc3c2)C=CC1. The molecule has 0 aromatic heterocycles. The summed E-state index contributed by atoms with van der Waals surface area (Å²) < 4.78 is 0. The van der Waals surface area contributed by atoms with Crippen molar-refractivity contribution in [1.82, 2.24) is 0 Å². The van der Waals surface area contributed by atoms with Crippen LogP contribution in [-0.2, 0) is 10.8 Å². The van der Waals surface area contributed by atoms with Crippen LogP contribution < -0.4 is 10.4 Å². The normalized spacial score (nSPS) is 13.8.